The normalized spacial score (nSPS) is 17.4. The third-order valence-corrected chi connectivity index (χ3v) is 5.53. The fourth-order valence-electron chi connectivity index (χ4n) is 3.93. The van der Waals surface area contributed by atoms with E-state index in [1.54, 1.807) is 30.5 Å². The van der Waals surface area contributed by atoms with Crippen molar-refractivity contribution in [3.63, 3.8) is 0 Å². The molecule has 7 heteroatoms. The molecular formula is C20H24N4O3. The lowest BCUT2D eigenvalue weighted by Gasteiger charge is -2.31. The number of benzene rings is 1. The lowest BCUT2D eigenvalue weighted by molar-refractivity contribution is -0.121. The summed E-state index contributed by atoms with van der Waals surface area (Å²) in [4.78, 5) is 27.2. The molecule has 3 heterocycles. The average Bonchev–Trinajstić information content (AvgIpc) is 3.13. The van der Waals surface area contributed by atoms with Crippen LogP contribution in [0.15, 0.2) is 30.5 Å². The van der Waals surface area contributed by atoms with E-state index in [1.807, 2.05) is 9.58 Å². The highest BCUT2D eigenvalue weighted by Crippen LogP contribution is 2.26. The van der Waals surface area contributed by atoms with Gasteiger partial charge in [-0.3, -0.25) is 14.3 Å². The van der Waals surface area contributed by atoms with Crippen molar-refractivity contribution in [2.24, 2.45) is 5.92 Å². The molecule has 4 rings (SSSR count). The van der Waals surface area contributed by atoms with Crippen LogP contribution in [0.2, 0.25) is 0 Å². The number of hydrogen-bond donors (Lipinski definition) is 2. The number of nitrogens with zero attached hydrogens (tertiary/aromatic N) is 3. The second kappa shape index (κ2) is 7.42. The van der Waals surface area contributed by atoms with Crippen molar-refractivity contribution in [2.45, 2.75) is 38.6 Å². The molecule has 0 atom stereocenters. The van der Waals surface area contributed by atoms with E-state index in [9.17, 15) is 14.7 Å². The Morgan fingerprint density at radius 2 is 1.89 bits per heavy atom. The molecule has 1 saturated heterocycles. The third-order valence-electron chi connectivity index (χ3n) is 5.53. The zero-order valence-electron chi connectivity index (χ0n) is 15.2. The Morgan fingerprint density at radius 3 is 2.67 bits per heavy atom. The molecule has 1 aromatic heterocycles. The first-order chi connectivity index (χ1) is 13.1. The van der Waals surface area contributed by atoms with Gasteiger partial charge in [0.15, 0.2) is 0 Å². The molecule has 1 fully saturated rings. The van der Waals surface area contributed by atoms with Crippen LogP contribution in [-0.4, -0.2) is 44.7 Å². The Morgan fingerprint density at radius 1 is 1.11 bits per heavy atom. The summed E-state index contributed by atoms with van der Waals surface area (Å²) in [6.45, 7) is 2.00. The summed E-state index contributed by atoms with van der Waals surface area (Å²) in [5.74, 6) is -0.177. The Kier molecular flexibility index (Phi) is 4.83. The number of para-hydroxylation sites is 2. The molecule has 142 valence electrons. The van der Waals surface area contributed by atoms with Gasteiger partial charge in [0.2, 0.25) is 5.91 Å². The van der Waals surface area contributed by atoms with Gasteiger partial charge in [0, 0.05) is 25.6 Å². The topological polar surface area (TPSA) is 87.5 Å². The lowest BCUT2D eigenvalue weighted by Crippen LogP contribution is -2.41. The summed E-state index contributed by atoms with van der Waals surface area (Å²) in [5.41, 5.74) is 2.19. The monoisotopic (exact) mass is 368 g/mol. The fraction of sp³-hybridized carbons (Fsp3) is 0.450. The lowest BCUT2D eigenvalue weighted by atomic mass is 9.95. The number of phenols is 1. The number of anilines is 1. The number of amides is 2. The standard InChI is InChI=1S/C20H24N4O3/c25-18-7-2-1-5-16(18)22-19(26)14-8-11-23(12-9-14)20(27)15-13-21-24-10-4-3-6-17(15)24/h1-2,5,7,13-14,25H,3-4,6,8-12H2,(H,22,26). The van der Waals surface area contributed by atoms with Crippen LogP contribution >= 0.6 is 0 Å². The van der Waals surface area contributed by atoms with Crippen LogP contribution in [-0.2, 0) is 17.8 Å². The Balaban J connectivity index is 1.36. The number of phenolic OH excluding ortho intramolecular Hbond substituents is 1. The van der Waals surface area contributed by atoms with E-state index in [0.717, 1.165) is 31.5 Å². The van der Waals surface area contributed by atoms with E-state index < -0.39 is 0 Å². The zero-order valence-corrected chi connectivity index (χ0v) is 15.2. The van der Waals surface area contributed by atoms with Crippen molar-refractivity contribution < 1.29 is 14.7 Å². The number of aromatic hydroxyl groups is 1. The van der Waals surface area contributed by atoms with Gasteiger partial charge >= 0.3 is 0 Å². The van der Waals surface area contributed by atoms with Gasteiger partial charge in [-0.15, -0.1) is 0 Å². The number of piperidine rings is 1. The number of aromatic nitrogens is 2. The molecule has 2 amide bonds. The van der Waals surface area contributed by atoms with E-state index in [4.69, 9.17) is 0 Å². The first-order valence-electron chi connectivity index (χ1n) is 9.56. The van der Waals surface area contributed by atoms with Gasteiger partial charge in [-0.1, -0.05) is 12.1 Å². The smallest absolute Gasteiger partial charge is 0.257 e. The van der Waals surface area contributed by atoms with Crippen LogP contribution in [0, 0.1) is 5.92 Å². The summed E-state index contributed by atoms with van der Waals surface area (Å²) in [5, 5.41) is 16.9. The van der Waals surface area contributed by atoms with Crippen LogP contribution in [0.1, 0.15) is 41.7 Å². The van der Waals surface area contributed by atoms with Crippen LogP contribution in [0.3, 0.4) is 0 Å². The number of fused-ring (bicyclic) bond motifs is 1. The minimum Gasteiger partial charge on any atom is -0.506 e. The maximum Gasteiger partial charge on any atom is 0.257 e. The van der Waals surface area contributed by atoms with Crippen LogP contribution in [0.4, 0.5) is 5.69 Å². The highest BCUT2D eigenvalue weighted by molar-refractivity contribution is 5.96. The number of carbonyl (C=O) groups is 2. The zero-order chi connectivity index (χ0) is 18.8. The van der Waals surface area contributed by atoms with Crippen molar-refractivity contribution >= 4 is 17.5 Å². The maximum absolute atomic E-state index is 12.9. The summed E-state index contributed by atoms with van der Waals surface area (Å²) < 4.78 is 1.95. The van der Waals surface area contributed by atoms with Gasteiger partial charge in [0.25, 0.3) is 5.91 Å². The third kappa shape index (κ3) is 3.54. The average molecular weight is 368 g/mol. The minimum absolute atomic E-state index is 0.0257. The van der Waals surface area contributed by atoms with E-state index in [-0.39, 0.29) is 23.5 Å². The Hall–Kier alpha value is -2.83. The SMILES string of the molecule is O=C(Nc1ccccc1O)C1CCN(C(=O)c2cnn3c2CCCC3)CC1. The van der Waals surface area contributed by atoms with Crippen molar-refractivity contribution in [1.82, 2.24) is 14.7 Å². The number of hydrogen-bond acceptors (Lipinski definition) is 4. The summed E-state index contributed by atoms with van der Waals surface area (Å²) >= 11 is 0. The molecule has 0 bridgehead atoms. The fourth-order valence-corrected chi connectivity index (χ4v) is 3.93. The molecule has 2 aromatic rings. The molecule has 1 aromatic carbocycles. The number of likely N-dealkylation sites (tertiary alicyclic amines) is 1. The maximum atomic E-state index is 12.9. The van der Waals surface area contributed by atoms with Crippen molar-refractivity contribution in [3.05, 3.63) is 41.7 Å². The molecule has 0 saturated carbocycles. The second-order valence-electron chi connectivity index (χ2n) is 7.26. The quantitative estimate of drug-likeness (QED) is 0.815. The van der Waals surface area contributed by atoms with E-state index in [2.05, 4.69) is 10.4 Å². The Labute approximate surface area is 158 Å². The van der Waals surface area contributed by atoms with E-state index in [0.29, 0.717) is 37.2 Å². The highest BCUT2D eigenvalue weighted by atomic mass is 16.3. The first-order valence-corrected chi connectivity index (χ1v) is 9.56. The predicted octanol–water partition coefficient (Wildman–Crippen LogP) is 2.42. The number of carbonyl (C=O) groups excluding carboxylic acids is 2. The number of aryl methyl sites for hydroxylation is 1. The van der Waals surface area contributed by atoms with Crippen molar-refractivity contribution in [2.75, 3.05) is 18.4 Å². The first kappa shape index (κ1) is 17.6. The second-order valence-corrected chi connectivity index (χ2v) is 7.26. The van der Waals surface area contributed by atoms with Gasteiger partial charge < -0.3 is 15.3 Å². The van der Waals surface area contributed by atoms with Crippen LogP contribution in [0.5, 0.6) is 5.75 Å². The van der Waals surface area contributed by atoms with Crippen LogP contribution in [0.25, 0.3) is 0 Å². The molecular weight excluding hydrogens is 344 g/mol. The van der Waals surface area contributed by atoms with Gasteiger partial charge in [-0.05, 0) is 44.2 Å². The molecule has 0 spiro atoms. The summed E-state index contributed by atoms with van der Waals surface area (Å²) in [6.07, 6.45) is 6.05. The molecule has 0 unspecified atom stereocenters. The van der Waals surface area contributed by atoms with E-state index in [1.165, 1.54) is 0 Å². The van der Waals surface area contributed by atoms with E-state index >= 15 is 0 Å². The predicted molar refractivity (Wildman–Crippen MR) is 101 cm³/mol. The molecule has 0 radical (unpaired) electrons. The molecule has 0 aliphatic carbocycles. The molecule has 2 aliphatic heterocycles. The minimum atomic E-state index is -0.158. The largest absolute Gasteiger partial charge is 0.506 e. The van der Waals surface area contributed by atoms with Crippen molar-refractivity contribution in [1.29, 1.82) is 0 Å². The van der Waals surface area contributed by atoms with Crippen molar-refractivity contribution in [3.8, 4) is 5.75 Å². The Bertz CT molecular complexity index is 853. The molecule has 7 nitrogen and oxygen atoms in total. The van der Waals surface area contributed by atoms with Gasteiger partial charge in [0.05, 0.1) is 23.1 Å². The summed E-state index contributed by atoms with van der Waals surface area (Å²) in [7, 11) is 0. The molecule has 2 N–H and O–H groups in total. The van der Waals surface area contributed by atoms with Crippen LogP contribution < -0.4 is 5.32 Å². The number of rotatable bonds is 3. The molecule has 27 heavy (non-hydrogen) atoms. The number of nitrogens with one attached hydrogen (secondary N) is 1. The molecule has 2 aliphatic rings. The van der Waals surface area contributed by atoms with Gasteiger partial charge in [-0.25, -0.2) is 0 Å². The highest BCUT2D eigenvalue weighted by Gasteiger charge is 2.30. The summed E-state index contributed by atoms with van der Waals surface area (Å²) in [6, 6.07) is 6.70. The van der Waals surface area contributed by atoms with Gasteiger partial charge in [0.1, 0.15) is 5.75 Å². The van der Waals surface area contributed by atoms with Gasteiger partial charge in [-0.2, -0.15) is 5.10 Å².